The van der Waals surface area contributed by atoms with E-state index in [1.54, 1.807) is 49.9 Å². The number of esters is 1. The number of methoxy groups -OCH3 is 2. The van der Waals surface area contributed by atoms with Crippen molar-refractivity contribution in [3.05, 3.63) is 29.8 Å². The van der Waals surface area contributed by atoms with Crippen LogP contribution in [0.3, 0.4) is 0 Å². The van der Waals surface area contributed by atoms with E-state index in [0.717, 1.165) is 0 Å². The fraction of sp³-hybridized carbons (Fsp3) is 0.682. The number of rotatable bonds is 12. The zero-order chi connectivity index (χ0) is 20.5. The molecule has 27 heavy (non-hydrogen) atoms. The molecule has 152 valence electrons. The first-order valence-corrected chi connectivity index (χ1v) is 12.1. The fourth-order valence-corrected chi connectivity index (χ4v) is 5.54. The molecule has 0 fully saturated rings. The molecular formula is C22H38BO3P. The van der Waals surface area contributed by atoms with E-state index < -0.39 is 11.8 Å². The first-order valence-electron chi connectivity index (χ1n) is 10.2. The van der Waals surface area contributed by atoms with Crippen LogP contribution in [0.4, 0.5) is 0 Å². The maximum absolute atomic E-state index is 11.1. The minimum atomic E-state index is -0.755. The molecule has 0 aliphatic rings. The predicted molar refractivity (Wildman–Crippen MR) is 120 cm³/mol. The van der Waals surface area contributed by atoms with Crippen molar-refractivity contribution < 1.29 is 14.3 Å². The number of hydrogen-bond donors (Lipinski definition) is 0. The van der Waals surface area contributed by atoms with Crippen LogP contribution in [-0.4, -0.2) is 46.5 Å². The van der Waals surface area contributed by atoms with Crippen LogP contribution in [0, 0.1) is 0 Å². The van der Waals surface area contributed by atoms with Crippen LogP contribution in [0.5, 0.6) is 5.75 Å². The summed E-state index contributed by atoms with van der Waals surface area (Å²) < 4.78 is 9.55. The Bertz CT molecular complexity index is 477. The molecule has 1 atom stereocenters. The van der Waals surface area contributed by atoms with E-state index in [-0.39, 0.29) is 0 Å². The Kier molecular flexibility index (Phi) is 16.5. The monoisotopic (exact) mass is 392 g/mol. The Morgan fingerprint density at radius 3 is 1.93 bits per heavy atom. The molecule has 0 aliphatic heterocycles. The highest BCUT2D eigenvalue weighted by Crippen LogP contribution is 2.38. The van der Waals surface area contributed by atoms with Gasteiger partial charge < -0.3 is 9.47 Å². The zero-order valence-corrected chi connectivity index (χ0v) is 18.9. The number of hydrogen-bond acceptors (Lipinski definition) is 3. The van der Waals surface area contributed by atoms with Crippen molar-refractivity contribution in [1.82, 2.24) is 0 Å². The fourth-order valence-electron chi connectivity index (χ4n) is 2.58. The molecule has 0 saturated heterocycles. The third kappa shape index (κ3) is 12.1. The third-order valence-corrected chi connectivity index (χ3v) is 7.24. The van der Waals surface area contributed by atoms with E-state index in [4.69, 9.17) is 12.6 Å². The normalized spacial score (nSPS) is 11.5. The summed E-state index contributed by atoms with van der Waals surface area (Å²) in [5.41, 5.74) is 0.677. The van der Waals surface area contributed by atoms with Crippen molar-refractivity contribution in [2.24, 2.45) is 0 Å². The number of carbonyl (C=O) groups excluding carboxylic acids is 1. The summed E-state index contributed by atoms with van der Waals surface area (Å²) >= 11 is 0. The lowest BCUT2D eigenvalue weighted by Gasteiger charge is -2.16. The van der Waals surface area contributed by atoms with Crippen LogP contribution in [0.2, 0.25) is 0 Å². The lowest BCUT2D eigenvalue weighted by atomic mass is 9.81. The van der Waals surface area contributed by atoms with Gasteiger partial charge in [0.05, 0.1) is 22.1 Å². The molecule has 1 aromatic rings. The van der Waals surface area contributed by atoms with Gasteiger partial charge in [0.1, 0.15) is 5.75 Å². The molecule has 3 nitrogen and oxygen atoms in total. The van der Waals surface area contributed by atoms with Gasteiger partial charge in [0, 0.05) is 5.82 Å². The molecule has 2 radical (unpaired) electrons. The zero-order valence-electron chi connectivity index (χ0n) is 18.0. The summed E-state index contributed by atoms with van der Waals surface area (Å²) in [6.45, 7) is 6.94. The molecule has 0 aromatic heterocycles. The maximum atomic E-state index is 11.1. The summed E-state index contributed by atoms with van der Waals surface area (Å²) in [6.07, 6.45) is 13.2. The van der Waals surface area contributed by atoms with Crippen LogP contribution in [-0.2, 0) is 9.53 Å². The van der Waals surface area contributed by atoms with Crippen LogP contribution < -0.4 is 4.74 Å². The lowest BCUT2D eigenvalue weighted by molar-refractivity contribution is -0.140. The van der Waals surface area contributed by atoms with Crippen molar-refractivity contribution in [3.63, 3.8) is 0 Å². The molecule has 1 rings (SSSR count). The molecule has 0 bridgehead atoms. The second kappa shape index (κ2) is 17.1. The molecule has 1 unspecified atom stereocenters. The molecular weight excluding hydrogens is 354 g/mol. The summed E-state index contributed by atoms with van der Waals surface area (Å²) in [6, 6.07) is 7.02. The highest BCUT2D eigenvalue weighted by Gasteiger charge is 2.15. The molecule has 0 amide bonds. The molecule has 0 aliphatic carbocycles. The molecule has 1 aromatic carbocycles. The molecule has 0 saturated carbocycles. The third-order valence-electron chi connectivity index (χ3n) is 4.39. The maximum Gasteiger partial charge on any atom is 0.304 e. The number of ether oxygens (including phenoxy) is 2. The standard InChI is InChI=1S/C12H27P.C10H11BO3/c1-4-7-10-13(11-8-5-2)12-9-6-3;1-13-8-5-3-4-7(6-8)9(11)10(12)14-2/h4-12H2,1-3H3;3-6,9H,1-2H3. The summed E-state index contributed by atoms with van der Waals surface area (Å²) in [4.78, 5) is 11.1. The largest absolute Gasteiger partial charge is 0.497 e. The first kappa shape index (κ1) is 26.0. The van der Waals surface area contributed by atoms with Gasteiger partial charge in [-0.1, -0.05) is 52.2 Å². The first-order chi connectivity index (χ1) is 13.0. The van der Waals surface area contributed by atoms with Crippen LogP contribution in [0.25, 0.3) is 0 Å². The summed E-state index contributed by atoms with van der Waals surface area (Å²) in [7, 11) is 8.93. The van der Waals surface area contributed by atoms with Gasteiger partial charge in [-0.05, 0) is 55.4 Å². The second-order valence-electron chi connectivity index (χ2n) is 6.68. The van der Waals surface area contributed by atoms with E-state index in [1.807, 2.05) is 0 Å². The number of carbonyl (C=O) groups is 1. The predicted octanol–water partition coefficient (Wildman–Crippen LogP) is 5.95. The average molecular weight is 392 g/mol. The summed E-state index contributed by atoms with van der Waals surface area (Å²) in [5.74, 6) is -0.546. The molecule has 0 N–H and O–H groups in total. The van der Waals surface area contributed by atoms with Gasteiger partial charge in [0.25, 0.3) is 0 Å². The van der Waals surface area contributed by atoms with E-state index in [1.165, 1.54) is 45.6 Å². The SMILES string of the molecule is CCCCP(CCCC)CCCC.[B]C(C(=O)OC)c1cccc(OC)c1. The van der Waals surface area contributed by atoms with E-state index >= 15 is 0 Å². The van der Waals surface area contributed by atoms with Gasteiger partial charge in [-0.2, -0.15) is 0 Å². The van der Waals surface area contributed by atoms with Crippen molar-refractivity contribution >= 4 is 21.7 Å². The Hall–Kier alpha value is -1.02. The molecule has 5 heteroatoms. The van der Waals surface area contributed by atoms with Gasteiger partial charge in [0.15, 0.2) is 0 Å². The topological polar surface area (TPSA) is 35.5 Å². The highest BCUT2D eigenvalue weighted by atomic mass is 31.1. The Labute approximate surface area is 169 Å². The summed E-state index contributed by atoms with van der Waals surface area (Å²) in [5, 5.41) is 0. The van der Waals surface area contributed by atoms with Crippen molar-refractivity contribution in [2.45, 2.75) is 65.1 Å². The minimum Gasteiger partial charge on any atom is -0.497 e. The van der Waals surface area contributed by atoms with Crippen LogP contribution >= 0.6 is 7.92 Å². The van der Waals surface area contributed by atoms with E-state index in [0.29, 0.717) is 19.2 Å². The van der Waals surface area contributed by atoms with Crippen LogP contribution in [0.1, 0.15) is 70.7 Å². The highest BCUT2D eigenvalue weighted by molar-refractivity contribution is 7.57. The van der Waals surface area contributed by atoms with Gasteiger partial charge in [-0.15, -0.1) is 7.92 Å². The van der Waals surface area contributed by atoms with Crippen molar-refractivity contribution in [3.8, 4) is 5.75 Å². The Balaban J connectivity index is 0.000000503. The smallest absolute Gasteiger partial charge is 0.304 e. The van der Waals surface area contributed by atoms with Crippen LogP contribution in [0.15, 0.2) is 24.3 Å². The van der Waals surface area contributed by atoms with E-state index in [9.17, 15) is 4.79 Å². The average Bonchev–Trinajstić information content (AvgIpc) is 2.72. The van der Waals surface area contributed by atoms with Gasteiger partial charge in [0.2, 0.25) is 0 Å². The van der Waals surface area contributed by atoms with E-state index in [2.05, 4.69) is 25.5 Å². The van der Waals surface area contributed by atoms with Gasteiger partial charge in [-0.3, -0.25) is 4.79 Å². The Morgan fingerprint density at radius 2 is 1.52 bits per heavy atom. The Morgan fingerprint density at radius 1 is 1.00 bits per heavy atom. The second-order valence-corrected chi connectivity index (χ2v) is 9.36. The minimum absolute atomic E-state index is 0.422. The van der Waals surface area contributed by atoms with Crippen molar-refractivity contribution in [1.29, 1.82) is 0 Å². The molecule has 0 heterocycles. The van der Waals surface area contributed by atoms with Gasteiger partial charge in [-0.25, -0.2) is 0 Å². The number of unbranched alkanes of at least 4 members (excludes halogenated alkanes) is 3. The van der Waals surface area contributed by atoms with Gasteiger partial charge >= 0.3 is 5.97 Å². The lowest BCUT2D eigenvalue weighted by Crippen LogP contribution is -2.14. The molecule has 0 spiro atoms. The van der Waals surface area contributed by atoms with Crippen molar-refractivity contribution in [2.75, 3.05) is 32.7 Å². The quantitative estimate of drug-likeness (QED) is 0.251. The number of benzene rings is 1.